The minimum absolute atomic E-state index is 0.191. The summed E-state index contributed by atoms with van der Waals surface area (Å²) < 4.78 is 5.79. The molecular formula is C16H14N2O3. The van der Waals surface area contributed by atoms with Crippen molar-refractivity contribution in [3.8, 4) is 11.5 Å². The second-order valence-corrected chi connectivity index (χ2v) is 4.95. The van der Waals surface area contributed by atoms with Gasteiger partial charge in [-0.15, -0.1) is 0 Å². The van der Waals surface area contributed by atoms with E-state index in [2.05, 4.69) is 10.6 Å². The molecule has 5 nitrogen and oxygen atoms in total. The number of fused-ring (bicyclic) bond motifs is 2. The minimum Gasteiger partial charge on any atom is -0.454 e. The first-order valence-corrected chi connectivity index (χ1v) is 6.54. The first kappa shape index (κ1) is 13.2. The molecule has 0 aromatic heterocycles. The lowest BCUT2D eigenvalue weighted by Gasteiger charge is -2.09. The highest BCUT2D eigenvalue weighted by molar-refractivity contribution is 6.09. The molecule has 2 aromatic carbocycles. The lowest BCUT2D eigenvalue weighted by atomic mass is 10.1. The van der Waals surface area contributed by atoms with Gasteiger partial charge in [0.15, 0.2) is 5.75 Å². The van der Waals surface area contributed by atoms with E-state index in [9.17, 15) is 9.59 Å². The second-order valence-electron chi connectivity index (χ2n) is 4.95. The van der Waals surface area contributed by atoms with E-state index in [1.54, 1.807) is 18.2 Å². The molecule has 0 aliphatic carbocycles. The van der Waals surface area contributed by atoms with Gasteiger partial charge in [0.05, 0.1) is 11.3 Å². The number of carbonyl (C=O) groups is 2. The van der Waals surface area contributed by atoms with Crippen LogP contribution in [0.1, 0.15) is 22.8 Å². The van der Waals surface area contributed by atoms with Crippen molar-refractivity contribution >= 4 is 23.2 Å². The summed E-state index contributed by atoms with van der Waals surface area (Å²) in [6, 6.07) is 10.6. The van der Waals surface area contributed by atoms with Crippen molar-refractivity contribution in [3.05, 3.63) is 47.5 Å². The van der Waals surface area contributed by atoms with Crippen LogP contribution in [-0.4, -0.2) is 11.8 Å². The van der Waals surface area contributed by atoms with Crippen LogP contribution >= 0.6 is 0 Å². The van der Waals surface area contributed by atoms with Crippen LogP contribution in [-0.2, 0) is 4.79 Å². The van der Waals surface area contributed by atoms with Gasteiger partial charge in [0.25, 0.3) is 5.91 Å². The average molecular weight is 282 g/mol. The molecule has 0 unspecified atom stereocenters. The van der Waals surface area contributed by atoms with E-state index in [-0.39, 0.29) is 11.8 Å². The van der Waals surface area contributed by atoms with E-state index in [4.69, 9.17) is 4.74 Å². The van der Waals surface area contributed by atoms with Gasteiger partial charge in [0, 0.05) is 12.6 Å². The summed E-state index contributed by atoms with van der Waals surface area (Å²) in [6.45, 7) is 3.36. The zero-order chi connectivity index (χ0) is 15.0. The number of hydrogen-bond donors (Lipinski definition) is 2. The van der Waals surface area contributed by atoms with Crippen LogP contribution in [0.25, 0.3) is 0 Å². The van der Waals surface area contributed by atoms with Gasteiger partial charge < -0.3 is 15.4 Å². The van der Waals surface area contributed by atoms with Crippen molar-refractivity contribution < 1.29 is 14.3 Å². The Bertz CT molecular complexity index is 753. The highest BCUT2D eigenvalue weighted by atomic mass is 16.5. The molecule has 0 fully saturated rings. The van der Waals surface area contributed by atoms with E-state index < -0.39 is 0 Å². The number of carbonyl (C=O) groups excluding carboxylic acids is 2. The van der Waals surface area contributed by atoms with Gasteiger partial charge in [0.2, 0.25) is 5.91 Å². The lowest BCUT2D eigenvalue weighted by Crippen LogP contribution is -2.12. The van der Waals surface area contributed by atoms with Crippen LogP contribution in [0, 0.1) is 6.92 Å². The minimum atomic E-state index is -0.262. The predicted octanol–water partition coefficient (Wildman–Crippen LogP) is 3.31. The fraction of sp³-hybridized carbons (Fsp3) is 0.125. The third-order valence-corrected chi connectivity index (χ3v) is 3.15. The SMILES string of the molecule is CC(=O)Nc1ccc2c(c1)C(=O)Nc1cc(C)ccc1O2. The van der Waals surface area contributed by atoms with Crippen molar-refractivity contribution in [1.82, 2.24) is 0 Å². The molecule has 2 aromatic rings. The van der Waals surface area contributed by atoms with E-state index >= 15 is 0 Å². The molecule has 0 spiro atoms. The third-order valence-electron chi connectivity index (χ3n) is 3.15. The first-order chi connectivity index (χ1) is 10.0. The van der Waals surface area contributed by atoms with E-state index in [1.807, 2.05) is 25.1 Å². The highest BCUT2D eigenvalue weighted by Gasteiger charge is 2.21. The Labute approximate surface area is 121 Å². The van der Waals surface area contributed by atoms with Crippen molar-refractivity contribution in [3.63, 3.8) is 0 Å². The van der Waals surface area contributed by atoms with Crippen molar-refractivity contribution in [1.29, 1.82) is 0 Å². The Morgan fingerprint density at radius 1 is 1.14 bits per heavy atom. The third kappa shape index (κ3) is 2.58. The number of anilines is 2. The maximum atomic E-state index is 12.3. The zero-order valence-corrected chi connectivity index (χ0v) is 11.7. The molecule has 0 saturated carbocycles. The van der Waals surface area contributed by atoms with Gasteiger partial charge in [-0.2, -0.15) is 0 Å². The molecule has 1 heterocycles. The molecule has 5 heteroatoms. The predicted molar refractivity (Wildman–Crippen MR) is 80.0 cm³/mol. The van der Waals surface area contributed by atoms with E-state index in [1.165, 1.54) is 6.92 Å². The summed E-state index contributed by atoms with van der Waals surface area (Å²) in [6.07, 6.45) is 0. The fourth-order valence-electron chi connectivity index (χ4n) is 2.22. The maximum absolute atomic E-state index is 12.3. The number of amides is 2. The summed E-state index contributed by atoms with van der Waals surface area (Å²) in [5.41, 5.74) is 2.61. The topological polar surface area (TPSA) is 67.4 Å². The number of benzene rings is 2. The number of ether oxygens (including phenoxy) is 1. The Balaban J connectivity index is 2.04. The number of aryl methyl sites for hydroxylation is 1. The molecule has 3 rings (SSSR count). The highest BCUT2D eigenvalue weighted by Crippen LogP contribution is 2.37. The second kappa shape index (κ2) is 4.94. The van der Waals surface area contributed by atoms with Gasteiger partial charge in [-0.3, -0.25) is 9.59 Å². The number of hydrogen-bond acceptors (Lipinski definition) is 3. The van der Waals surface area contributed by atoms with Crippen LogP contribution in [0.3, 0.4) is 0 Å². The largest absolute Gasteiger partial charge is 0.454 e. The summed E-state index contributed by atoms with van der Waals surface area (Å²) in [5.74, 6) is 0.606. The fourth-order valence-corrected chi connectivity index (χ4v) is 2.22. The normalized spacial score (nSPS) is 12.4. The average Bonchev–Trinajstić information content (AvgIpc) is 2.54. The molecule has 0 bridgehead atoms. The van der Waals surface area contributed by atoms with Crippen LogP contribution in [0.5, 0.6) is 11.5 Å². The molecule has 1 aliphatic rings. The van der Waals surface area contributed by atoms with E-state index in [0.29, 0.717) is 28.4 Å². The smallest absolute Gasteiger partial charge is 0.259 e. The van der Waals surface area contributed by atoms with Gasteiger partial charge in [-0.1, -0.05) is 6.07 Å². The Morgan fingerprint density at radius 2 is 1.90 bits per heavy atom. The molecule has 2 N–H and O–H groups in total. The van der Waals surface area contributed by atoms with Crippen molar-refractivity contribution in [2.45, 2.75) is 13.8 Å². The monoisotopic (exact) mass is 282 g/mol. The maximum Gasteiger partial charge on any atom is 0.259 e. The molecule has 2 amide bonds. The summed E-state index contributed by atoms with van der Waals surface area (Å²) in [5, 5.41) is 5.47. The quantitative estimate of drug-likeness (QED) is 0.843. The van der Waals surface area contributed by atoms with Crippen LogP contribution in [0.2, 0.25) is 0 Å². The molecule has 21 heavy (non-hydrogen) atoms. The van der Waals surface area contributed by atoms with Gasteiger partial charge in [0.1, 0.15) is 5.75 Å². The van der Waals surface area contributed by atoms with Crippen LogP contribution in [0.4, 0.5) is 11.4 Å². The lowest BCUT2D eigenvalue weighted by molar-refractivity contribution is -0.114. The van der Waals surface area contributed by atoms with Crippen LogP contribution in [0.15, 0.2) is 36.4 Å². The van der Waals surface area contributed by atoms with Crippen molar-refractivity contribution in [2.75, 3.05) is 10.6 Å². The molecule has 1 aliphatic heterocycles. The first-order valence-electron chi connectivity index (χ1n) is 6.54. The Morgan fingerprint density at radius 3 is 2.67 bits per heavy atom. The number of nitrogens with one attached hydrogen (secondary N) is 2. The zero-order valence-electron chi connectivity index (χ0n) is 11.7. The standard InChI is InChI=1S/C16H14N2O3/c1-9-3-5-15-13(7-9)18-16(20)12-8-11(17-10(2)19)4-6-14(12)21-15/h3-8H,1-2H3,(H,17,19)(H,18,20). The molecule has 0 radical (unpaired) electrons. The van der Waals surface area contributed by atoms with Crippen molar-refractivity contribution in [2.24, 2.45) is 0 Å². The molecule has 0 atom stereocenters. The van der Waals surface area contributed by atoms with Gasteiger partial charge in [-0.05, 0) is 42.8 Å². The Hall–Kier alpha value is -2.82. The van der Waals surface area contributed by atoms with Gasteiger partial charge in [-0.25, -0.2) is 0 Å². The Kier molecular flexibility index (Phi) is 3.10. The number of rotatable bonds is 1. The summed E-state index contributed by atoms with van der Waals surface area (Å²) >= 11 is 0. The summed E-state index contributed by atoms with van der Waals surface area (Å²) in [4.78, 5) is 23.4. The molecule has 0 saturated heterocycles. The molecule has 106 valence electrons. The summed E-state index contributed by atoms with van der Waals surface area (Å²) in [7, 11) is 0. The van der Waals surface area contributed by atoms with Crippen LogP contribution < -0.4 is 15.4 Å². The van der Waals surface area contributed by atoms with E-state index in [0.717, 1.165) is 5.56 Å². The molecular weight excluding hydrogens is 268 g/mol. The van der Waals surface area contributed by atoms with Gasteiger partial charge >= 0.3 is 0 Å².